The van der Waals surface area contributed by atoms with E-state index < -0.39 is 0 Å². The minimum atomic E-state index is -0.0392. The van der Waals surface area contributed by atoms with Gasteiger partial charge in [0.2, 0.25) is 5.91 Å². The fraction of sp³-hybridized carbons (Fsp3) is 0.611. The van der Waals surface area contributed by atoms with E-state index in [0.717, 1.165) is 25.1 Å². The van der Waals surface area contributed by atoms with E-state index in [4.69, 9.17) is 0 Å². The number of anilines is 1. The normalized spacial score (nSPS) is 30.8. The molecular weight excluding hydrogens is 276 g/mol. The molecular formula is C18H24N2O2. The van der Waals surface area contributed by atoms with Crippen LogP contribution in [0.5, 0.6) is 0 Å². The highest BCUT2D eigenvalue weighted by Gasteiger charge is 2.53. The van der Waals surface area contributed by atoms with Crippen LogP contribution in [-0.4, -0.2) is 41.1 Å². The van der Waals surface area contributed by atoms with Gasteiger partial charge in [-0.05, 0) is 24.5 Å². The summed E-state index contributed by atoms with van der Waals surface area (Å²) in [5.41, 5.74) is 2.41. The molecule has 2 aliphatic heterocycles. The number of nitrogens with one attached hydrogen (secondary N) is 1. The molecule has 3 atom stereocenters. The van der Waals surface area contributed by atoms with Crippen molar-refractivity contribution in [3.8, 4) is 0 Å². The molecule has 1 aliphatic carbocycles. The summed E-state index contributed by atoms with van der Waals surface area (Å²) in [5.74, 6) is 0.747. The second-order valence-electron chi connectivity index (χ2n) is 6.89. The Morgan fingerprint density at radius 2 is 2.00 bits per heavy atom. The van der Waals surface area contributed by atoms with Gasteiger partial charge in [0.05, 0.1) is 18.7 Å². The van der Waals surface area contributed by atoms with Crippen LogP contribution in [0.25, 0.3) is 0 Å². The molecule has 118 valence electrons. The number of aliphatic hydroxyl groups is 1. The SMILES string of the molecule is O=C(C1CCCCC1)N1[C@@H]2CNc3ccccc3[C@@H]2[C@@H]1CO. The van der Waals surface area contributed by atoms with Gasteiger partial charge in [-0.15, -0.1) is 0 Å². The third kappa shape index (κ3) is 2.04. The van der Waals surface area contributed by atoms with Gasteiger partial charge in [0.1, 0.15) is 0 Å². The van der Waals surface area contributed by atoms with E-state index in [1.54, 1.807) is 0 Å². The summed E-state index contributed by atoms with van der Waals surface area (Å²) in [6.07, 6.45) is 5.64. The largest absolute Gasteiger partial charge is 0.394 e. The lowest BCUT2D eigenvalue weighted by Gasteiger charge is -2.58. The van der Waals surface area contributed by atoms with Gasteiger partial charge < -0.3 is 15.3 Å². The van der Waals surface area contributed by atoms with Crippen molar-refractivity contribution in [1.29, 1.82) is 0 Å². The minimum absolute atomic E-state index is 0.0392. The van der Waals surface area contributed by atoms with Gasteiger partial charge in [0, 0.05) is 24.1 Å². The summed E-state index contributed by atoms with van der Waals surface area (Å²) < 4.78 is 0. The molecule has 1 aromatic carbocycles. The Kier molecular flexibility index (Phi) is 3.57. The van der Waals surface area contributed by atoms with Gasteiger partial charge in [0.25, 0.3) is 0 Å². The van der Waals surface area contributed by atoms with Crippen LogP contribution in [-0.2, 0) is 4.79 Å². The second kappa shape index (κ2) is 5.58. The van der Waals surface area contributed by atoms with Crippen molar-refractivity contribution < 1.29 is 9.90 Å². The van der Waals surface area contributed by atoms with Gasteiger partial charge in [-0.3, -0.25) is 4.79 Å². The van der Waals surface area contributed by atoms with Crippen molar-refractivity contribution in [3.05, 3.63) is 29.8 Å². The number of nitrogens with zero attached hydrogens (tertiary/aromatic N) is 1. The molecule has 1 saturated carbocycles. The molecule has 4 nitrogen and oxygen atoms in total. The van der Waals surface area contributed by atoms with Crippen LogP contribution in [0.4, 0.5) is 5.69 Å². The molecule has 1 amide bonds. The molecule has 2 heterocycles. The first-order valence-corrected chi connectivity index (χ1v) is 8.57. The maximum atomic E-state index is 12.9. The van der Waals surface area contributed by atoms with Crippen LogP contribution < -0.4 is 5.32 Å². The van der Waals surface area contributed by atoms with E-state index in [0.29, 0.717) is 0 Å². The molecule has 3 aliphatic rings. The molecule has 22 heavy (non-hydrogen) atoms. The smallest absolute Gasteiger partial charge is 0.226 e. The van der Waals surface area contributed by atoms with E-state index in [-0.39, 0.29) is 36.4 Å². The third-order valence-corrected chi connectivity index (χ3v) is 5.76. The Hall–Kier alpha value is -1.55. The van der Waals surface area contributed by atoms with Gasteiger partial charge in [-0.25, -0.2) is 0 Å². The summed E-state index contributed by atoms with van der Waals surface area (Å²) in [6, 6.07) is 8.46. The van der Waals surface area contributed by atoms with Crippen molar-refractivity contribution in [3.63, 3.8) is 0 Å². The summed E-state index contributed by atoms with van der Waals surface area (Å²) in [5, 5.41) is 13.3. The summed E-state index contributed by atoms with van der Waals surface area (Å²) in [7, 11) is 0. The quantitative estimate of drug-likeness (QED) is 0.881. The molecule has 2 N–H and O–H groups in total. The highest BCUT2D eigenvalue weighted by atomic mass is 16.3. The summed E-state index contributed by atoms with van der Waals surface area (Å²) in [6.45, 7) is 0.866. The van der Waals surface area contributed by atoms with Crippen molar-refractivity contribution >= 4 is 11.6 Å². The average Bonchev–Trinajstić information content (AvgIpc) is 2.56. The first kappa shape index (κ1) is 14.1. The minimum Gasteiger partial charge on any atom is -0.394 e. The zero-order chi connectivity index (χ0) is 15.1. The van der Waals surface area contributed by atoms with Crippen LogP contribution in [0, 0.1) is 5.92 Å². The predicted molar refractivity (Wildman–Crippen MR) is 85.8 cm³/mol. The van der Waals surface area contributed by atoms with E-state index in [1.165, 1.54) is 24.8 Å². The van der Waals surface area contributed by atoms with E-state index >= 15 is 0 Å². The number of carbonyl (C=O) groups excluding carboxylic acids is 1. The van der Waals surface area contributed by atoms with Crippen LogP contribution in [0.15, 0.2) is 24.3 Å². The van der Waals surface area contributed by atoms with E-state index in [2.05, 4.69) is 17.4 Å². The highest BCUT2D eigenvalue weighted by Crippen LogP contribution is 2.47. The number of para-hydroxylation sites is 1. The number of carbonyl (C=O) groups is 1. The van der Waals surface area contributed by atoms with Gasteiger partial charge in [-0.2, -0.15) is 0 Å². The van der Waals surface area contributed by atoms with Crippen LogP contribution in [0.3, 0.4) is 0 Å². The number of likely N-dealkylation sites (tertiary alicyclic amines) is 1. The van der Waals surface area contributed by atoms with Crippen LogP contribution in [0.1, 0.15) is 43.6 Å². The number of fused-ring (bicyclic) bond motifs is 3. The van der Waals surface area contributed by atoms with Crippen LogP contribution >= 0.6 is 0 Å². The monoisotopic (exact) mass is 300 g/mol. The Morgan fingerprint density at radius 3 is 2.77 bits per heavy atom. The fourth-order valence-corrected chi connectivity index (χ4v) is 4.64. The number of hydrogen-bond donors (Lipinski definition) is 2. The van der Waals surface area contributed by atoms with Crippen molar-refractivity contribution in [1.82, 2.24) is 4.90 Å². The molecule has 0 spiro atoms. The lowest BCUT2D eigenvalue weighted by molar-refractivity contribution is -0.155. The number of benzene rings is 1. The van der Waals surface area contributed by atoms with Gasteiger partial charge in [0.15, 0.2) is 0 Å². The molecule has 1 saturated heterocycles. The molecule has 4 heteroatoms. The number of hydrogen-bond acceptors (Lipinski definition) is 3. The average molecular weight is 300 g/mol. The highest BCUT2D eigenvalue weighted by molar-refractivity contribution is 5.82. The Morgan fingerprint density at radius 1 is 1.23 bits per heavy atom. The predicted octanol–water partition coefficient (Wildman–Crippen LogP) is 2.35. The number of amides is 1. The third-order valence-electron chi connectivity index (χ3n) is 5.76. The lowest BCUT2D eigenvalue weighted by Crippen LogP contribution is -2.69. The molecule has 2 fully saturated rings. The van der Waals surface area contributed by atoms with E-state index in [9.17, 15) is 9.90 Å². The zero-order valence-electron chi connectivity index (χ0n) is 12.9. The molecule has 0 unspecified atom stereocenters. The van der Waals surface area contributed by atoms with Gasteiger partial charge in [-0.1, -0.05) is 37.5 Å². The molecule has 1 aromatic rings. The molecule has 0 bridgehead atoms. The summed E-state index contributed by atoms with van der Waals surface area (Å²) in [4.78, 5) is 14.9. The van der Waals surface area contributed by atoms with Crippen LogP contribution in [0.2, 0.25) is 0 Å². The van der Waals surface area contributed by atoms with Gasteiger partial charge >= 0.3 is 0 Å². The molecule has 4 rings (SSSR count). The van der Waals surface area contributed by atoms with E-state index in [1.807, 2.05) is 17.0 Å². The molecule has 0 radical (unpaired) electrons. The van der Waals surface area contributed by atoms with Crippen molar-refractivity contribution in [2.24, 2.45) is 5.92 Å². The second-order valence-corrected chi connectivity index (χ2v) is 6.89. The lowest BCUT2D eigenvalue weighted by atomic mass is 9.71. The molecule has 0 aromatic heterocycles. The first-order valence-electron chi connectivity index (χ1n) is 8.57. The van der Waals surface area contributed by atoms with Crippen molar-refractivity contribution in [2.75, 3.05) is 18.5 Å². The standard InChI is InChI=1S/C18H24N2O2/c21-11-16-17-13-8-4-5-9-14(13)19-10-15(17)20(16)18(22)12-6-2-1-3-7-12/h4-5,8-9,12,15-17,19,21H,1-3,6-7,10-11H2/t15-,16+,17+/m1/s1. The Labute approximate surface area is 131 Å². The fourth-order valence-electron chi connectivity index (χ4n) is 4.64. The number of rotatable bonds is 2. The maximum absolute atomic E-state index is 12.9. The first-order chi connectivity index (χ1) is 10.8. The van der Waals surface area contributed by atoms with Crippen molar-refractivity contribution in [2.45, 2.75) is 50.1 Å². The number of aliphatic hydroxyl groups excluding tert-OH is 1. The Balaban J connectivity index is 1.57. The topological polar surface area (TPSA) is 52.6 Å². The Bertz CT molecular complexity index is 568. The summed E-state index contributed by atoms with van der Waals surface area (Å²) >= 11 is 0. The zero-order valence-corrected chi connectivity index (χ0v) is 12.9. The maximum Gasteiger partial charge on any atom is 0.226 e.